The Labute approximate surface area is 99.9 Å². The maximum absolute atomic E-state index is 11.6. The summed E-state index contributed by atoms with van der Waals surface area (Å²) in [6.45, 7) is 2.95. The number of fused-ring (bicyclic) bond motifs is 1. The minimum absolute atomic E-state index is 0.191. The third-order valence-electron chi connectivity index (χ3n) is 2.59. The number of nitrogens with one attached hydrogen (secondary N) is 1. The third-order valence-corrected chi connectivity index (χ3v) is 2.59. The summed E-state index contributed by atoms with van der Waals surface area (Å²) in [5.41, 5.74) is 6.30. The van der Waals surface area contributed by atoms with Crippen molar-refractivity contribution in [1.29, 1.82) is 0 Å². The number of carbonyl (C=O) groups is 1. The standard InChI is InChI=1S/C12H16N2O3/c1-2-9(13)12(15)14-8-3-4-10-11(7-8)17-6-5-16-10/h3-4,7,9H,2,5-6,13H2,1H3,(H,14,15)/t9-/m0/s1. The van der Waals surface area contributed by atoms with Crippen LogP contribution in [0.2, 0.25) is 0 Å². The fourth-order valence-electron chi connectivity index (χ4n) is 1.54. The van der Waals surface area contributed by atoms with E-state index in [2.05, 4.69) is 5.32 Å². The van der Waals surface area contributed by atoms with Gasteiger partial charge < -0.3 is 20.5 Å². The Morgan fingerprint density at radius 2 is 2.12 bits per heavy atom. The van der Waals surface area contributed by atoms with E-state index in [0.29, 0.717) is 36.8 Å². The van der Waals surface area contributed by atoms with Crippen molar-refractivity contribution in [3.8, 4) is 11.5 Å². The van der Waals surface area contributed by atoms with Crippen molar-refractivity contribution in [3.05, 3.63) is 18.2 Å². The van der Waals surface area contributed by atoms with Gasteiger partial charge in [-0.3, -0.25) is 4.79 Å². The molecule has 1 heterocycles. The first-order valence-electron chi connectivity index (χ1n) is 5.67. The van der Waals surface area contributed by atoms with Crippen molar-refractivity contribution < 1.29 is 14.3 Å². The van der Waals surface area contributed by atoms with E-state index in [4.69, 9.17) is 15.2 Å². The lowest BCUT2D eigenvalue weighted by Crippen LogP contribution is -2.34. The number of hydrogen-bond donors (Lipinski definition) is 2. The summed E-state index contributed by atoms with van der Waals surface area (Å²) in [5.74, 6) is 1.16. The van der Waals surface area contributed by atoms with Gasteiger partial charge in [0.05, 0.1) is 6.04 Å². The molecule has 0 fully saturated rings. The summed E-state index contributed by atoms with van der Waals surface area (Å²) in [4.78, 5) is 11.6. The number of anilines is 1. The molecule has 0 saturated heterocycles. The average molecular weight is 236 g/mol. The van der Waals surface area contributed by atoms with E-state index >= 15 is 0 Å². The molecule has 0 unspecified atom stereocenters. The Morgan fingerprint density at radius 3 is 2.82 bits per heavy atom. The maximum Gasteiger partial charge on any atom is 0.241 e. The number of nitrogens with two attached hydrogens (primary N) is 1. The summed E-state index contributed by atoms with van der Waals surface area (Å²) in [6, 6.07) is 4.81. The molecule has 0 spiro atoms. The Balaban J connectivity index is 2.09. The molecule has 5 heteroatoms. The Bertz CT molecular complexity index is 420. The van der Waals surface area contributed by atoms with Crippen LogP contribution < -0.4 is 20.5 Å². The van der Waals surface area contributed by atoms with Crippen molar-refractivity contribution in [1.82, 2.24) is 0 Å². The van der Waals surface area contributed by atoms with Crippen LogP contribution in [0.25, 0.3) is 0 Å². The van der Waals surface area contributed by atoms with Gasteiger partial charge in [-0.1, -0.05) is 6.92 Å². The van der Waals surface area contributed by atoms with Crippen LogP contribution in [0.15, 0.2) is 18.2 Å². The molecular weight excluding hydrogens is 220 g/mol. The fourth-order valence-corrected chi connectivity index (χ4v) is 1.54. The van der Waals surface area contributed by atoms with Crippen molar-refractivity contribution in [2.45, 2.75) is 19.4 Å². The molecule has 17 heavy (non-hydrogen) atoms. The second-order valence-corrected chi connectivity index (χ2v) is 3.86. The summed E-state index contributed by atoms with van der Waals surface area (Å²) in [7, 11) is 0. The molecular formula is C12H16N2O3. The zero-order chi connectivity index (χ0) is 12.3. The van der Waals surface area contributed by atoms with Gasteiger partial charge in [0.2, 0.25) is 5.91 Å². The zero-order valence-corrected chi connectivity index (χ0v) is 9.73. The van der Waals surface area contributed by atoms with E-state index in [0.717, 1.165) is 0 Å². The first kappa shape index (κ1) is 11.7. The van der Waals surface area contributed by atoms with E-state index in [1.165, 1.54) is 0 Å². The lowest BCUT2D eigenvalue weighted by Gasteiger charge is -2.19. The highest BCUT2D eigenvalue weighted by atomic mass is 16.6. The molecule has 0 saturated carbocycles. The number of benzene rings is 1. The molecule has 1 aliphatic heterocycles. The number of amides is 1. The number of hydrogen-bond acceptors (Lipinski definition) is 4. The van der Waals surface area contributed by atoms with E-state index in [1.54, 1.807) is 18.2 Å². The molecule has 0 bridgehead atoms. The smallest absolute Gasteiger partial charge is 0.241 e. The summed E-state index contributed by atoms with van der Waals surface area (Å²) >= 11 is 0. The number of rotatable bonds is 3. The molecule has 92 valence electrons. The Morgan fingerprint density at radius 1 is 1.41 bits per heavy atom. The first-order chi connectivity index (χ1) is 8.20. The summed E-state index contributed by atoms with van der Waals surface area (Å²) in [6.07, 6.45) is 0.608. The molecule has 5 nitrogen and oxygen atoms in total. The predicted molar refractivity (Wildman–Crippen MR) is 64.3 cm³/mol. The third kappa shape index (κ3) is 2.68. The van der Waals surface area contributed by atoms with Crippen LogP contribution >= 0.6 is 0 Å². The first-order valence-corrected chi connectivity index (χ1v) is 5.67. The highest BCUT2D eigenvalue weighted by Crippen LogP contribution is 2.32. The van der Waals surface area contributed by atoms with Gasteiger partial charge in [0.1, 0.15) is 13.2 Å². The molecule has 2 rings (SSSR count). The molecule has 1 aromatic carbocycles. The van der Waals surface area contributed by atoms with Crippen LogP contribution in [0.1, 0.15) is 13.3 Å². The van der Waals surface area contributed by atoms with Crippen molar-refractivity contribution in [3.63, 3.8) is 0 Å². The number of ether oxygens (including phenoxy) is 2. The van der Waals surface area contributed by atoms with Gasteiger partial charge in [-0.25, -0.2) is 0 Å². The second-order valence-electron chi connectivity index (χ2n) is 3.86. The molecule has 1 aliphatic rings. The van der Waals surface area contributed by atoms with Gasteiger partial charge in [-0.05, 0) is 18.6 Å². The highest BCUT2D eigenvalue weighted by molar-refractivity contribution is 5.94. The van der Waals surface area contributed by atoms with Crippen LogP contribution in [0.4, 0.5) is 5.69 Å². The zero-order valence-electron chi connectivity index (χ0n) is 9.73. The van der Waals surface area contributed by atoms with Crippen LogP contribution in [-0.2, 0) is 4.79 Å². The van der Waals surface area contributed by atoms with Crippen LogP contribution in [-0.4, -0.2) is 25.2 Å². The largest absolute Gasteiger partial charge is 0.486 e. The predicted octanol–water partition coefficient (Wildman–Crippen LogP) is 1.13. The Kier molecular flexibility index (Phi) is 3.49. The van der Waals surface area contributed by atoms with Crippen molar-refractivity contribution >= 4 is 11.6 Å². The highest BCUT2D eigenvalue weighted by Gasteiger charge is 2.14. The summed E-state index contributed by atoms with van der Waals surface area (Å²) < 4.78 is 10.8. The van der Waals surface area contributed by atoms with E-state index in [-0.39, 0.29) is 5.91 Å². The SMILES string of the molecule is CC[C@H](N)C(=O)Nc1ccc2c(c1)OCCO2. The minimum Gasteiger partial charge on any atom is -0.486 e. The van der Waals surface area contributed by atoms with E-state index < -0.39 is 6.04 Å². The van der Waals surface area contributed by atoms with E-state index in [9.17, 15) is 4.79 Å². The summed E-state index contributed by atoms with van der Waals surface area (Å²) in [5, 5.41) is 2.74. The van der Waals surface area contributed by atoms with Crippen LogP contribution in [0, 0.1) is 0 Å². The average Bonchev–Trinajstić information content (AvgIpc) is 2.37. The van der Waals surface area contributed by atoms with Crippen molar-refractivity contribution in [2.75, 3.05) is 18.5 Å². The van der Waals surface area contributed by atoms with Crippen LogP contribution in [0.3, 0.4) is 0 Å². The lowest BCUT2D eigenvalue weighted by molar-refractivity contribution is -0.117. The second kappa shape index (κ2) is 5.05. The molecule has 0 aromatic heterocycles. The molecule has 0 aliphatic carbocycles. The van der Waals surface area contributed by atoms with Crippen LogP contribution in [0.5, 0.6) is 11.5 Å². The monoisotopic (exact) mass is 236 g/mol. The normalized spacial score (nSPS) is 15.2. The molecule has 1 amide bonds. The van der Waals surface area contributed by atoms with Gasteiger partial charge in [0.25, 0.3) is 0 Å². The Hall–Kier alpha value is -1.75. The topological polar surface area (TPSA) is 73.6 Å². The van der Waals surface area contributed by atoms with E-state index in [1.807, 2.05) is 6.92 Å². The lowest BCUT2D eigenvalue weighted by atomic mass is 10.2. The maximum atomic E-state index is 11.6. The molecule has 1 atom stereocenters. The fraction of sp³-hybridized carbons (Fsp3) is 0.417. The number of carbonyl (C=O) groups excluding carboxylic acids is 1. The molecule has 1 aromatic rings. The van der Waals surface area contributed by atoms with Gasteiger partial charge in [-0.2, -0.15) is 0 Å². The van der Waals surface area contributed by atoms with Gasteiger partial charge in [0, 0.05) is 11.8 Å². The van der Waals surface area contributed by atoms with Gasteiger partial charge in [0.15, 0.2) is 11.5 Å². The van der Waals surface area contributed by atoms with Gasteiger partial charge in [-0.15, -0.1) is 0 Å². The van der Waals surface area contributed by atoms with Crippen molar-refractivity contribution in [2.24, 2.45) is 5.73 Å². The van der Waals surface area contributed by atoms with Gasteiger partial charge >= 0.3 is 0 Å². The molecule has 3 N–H and O–H groups in total. The molecule has 0 radical (unpaired) electrons. The quantitative estimate of drug-likeness (QED) is 0.825. The minimum atomic E-state index is -0.483.